The summed E-state index contributed by atoms with van der Waals surface area (Å²) >= 11 is 0. The predicted octanol–water partition coefficient (Wildman–Crippen LogP) is 1.54. The highest BCUT2D eigenvalue weighted by Crippen LogP contribution is 2.40. The fraction of sp³-hybridized carbons (Fsp3) is 0.818. The van der Waals surface area contributed by atoms with Crippen molar-refractivity contribution in [2.24, 2.45) is 5.92 Å². The molecule has 1 aromatic rings. The van der Waals surface area contributed by atoms with Gasteiger partial charge in [-0.05, 0) is 32.1 Å². The molecule has 1 aliphatic rings. The Balaban J connectivity index is 2.30. The van der Waals surface area contributed by atoms with Crippen molar-refractivity contribution in [3.05, 3.63) is 16.3 Å². The van der Waals surface area contributed by atoms with E-state index >= 15 is 0 Å². The van der Waals surface area contributed by atoms with Crippen LogP contribution in [0.15, 0.2) is 4.79 Å². The summed E-state index contributed by atoms with van der Waals surface area (Å²) in [7, 11) is 0. The molecule has 2 rings (SSSR count). The van der Waals surface area contributed by atoms with Gasteiger partial charge in [-0.1, -0.05) is 13.3 Å². The molecule has 90 valence electrons. The molecule has 1 heterocycles. The van der Waals surface area contributed by atoms with E-state index in [1.165, 1.54) is 6.42 Å². The number of aromatic nitrogens is 3. The molecule has 1 aromatic heterocycles. The monoisotopic (exact) mass is 225 g/mol. The van der Waals surface area contributed by atoms with Gasteiger partial charge in [0.15, 0.2) is 5.82 Å². The summed E-state index contributed by atoms with van der Waals surface area (Å²) in [6.07, 6.45) is 4.22. The van der Waals surface area contributed by atoms with Gasteiger partial charge in [-0.15, -0.1) is 0 Å². The fourth-order valence-electron chi connectivity index (χ4n) is 2.68. The Labute approximate surface area is 94.6 Å². The van der Waals surface area contributed by atoms with Gasteiger partial charge >= 0.3 is 5.69 Å². The first-order chi connectivity index (χ1) is 7.66. The molecule has 0 saturated heterocycles. The molecule has 0 radical (unpaired) electrons. The molecule has 0 aromatic carbocycles. The number of nitrogens with zero attached hydrogens (tertiary/aromatic N) is 1. The Hall–Kier alpha value is -1.10. The van der Waals surface area contributed by atoms with Crippen LogP contribution >= 0.6 is 0 Å². The molecule has 16 heavy (non-hydrogen) atoms. The molecule has 2 N–H and O–H groups in total. The smallest absolute Gasteiger partial charge is 0.340 e. The first-order valence-corrected chi connectivity index (χ1v) is 5.95. The quantitative estimate of drug-likeness (QED) is 0.819. The normalized spacial score (nSPS) is 30.5. The van der Waals surface area contributed by atoms with Gasteiger partial charge < -0.3 is 4.74 Å². The van der Waals surface area contributed by atoms with Crippen molar-refractivity contribution in [3.8, 4) is 0 Å². The van der Waals surface area contributed by atoms with Gasteiger partial charge in [0.2, 0.25) is 0 Å². The van der Waals surface area contributed by atoms with Gasteiger partial charge in [0.25, 0.3) is 0 Å². The Morgan fingerprint density at radius 2 is 2.44 bits per heavy atom. The molecule has 0 amide bonds. The van der Waals surface area contributed by atoms with Gasteiger partial charge in [0.05, 0.1) is 0 Å². The maximum Gasteiger partial charge on any atom is 0.340 e. The van der Waals surface area contributed by atoms with Crippen molar-refractivity contribution in [3.63, 3.8) is 0 Å². The maximum atomic E-state index is 11.1. The Morgan fingerprint density at radius 1 is 1.62 bits per heavy atom. The third kappa shape index (κ3) is 2.04. The molecule has 5 nitrogen and oxygen atoms in total. The van der Waals surface area contributed by atoms with Crippen molar-refractivity contribution in [1.29, 1.82) is 0 Å². The lowest BCUT2D eigenvalue weighted by molar-refractivity contribution is -0.0879. The average molecular weight is 225 g/mol. The summed E-state index contributed by atoms with van der Waals surface area (Å²) in [5.41, 5.74) is -0.640. The van der Waals surface area contributed by atoms with E-state index in [2.05, 4.69) is 22.1 Å². The van der Waals surface area contributed by atoms with Crippen LogP contribution < -0.4 is 5.69 Å². The van der Waals surface area contributed by atoms with Crippen molar-refractivity contribution in [2.45, 2.75) is 45.1 Å². The molecule has 0 aliphatic heterocycles. The second-order valence-electron chi connectivity index (χ2n) is 4.66. The summed E-state index contributed by atoms with van der Waals surface area (Å²) in [6.45, 7) is 4.84. The maximum absolute atomic E-state index is 11.1. The van der Waals surface area contributed by atoms with Crippen LogP contribution in [0.2, 0.25) is 0 Å². The molecule has 0 bridgehead atoms. The Kier molecular flexibility index (Phi) is 3.14. The third-order valence-electron chi connectivity index (χ3n) is 3.31. The largest absolute Gasteiger partial charge is 0.367 e. The van der Waals surface area contributed by atoms with Crippen LogP contribution in [-0.4, -0.2) is 21.8 Å². The van der Waals surface area contributed by atoms with E-state index in [-0.39, 0.29) is 11.3 Å². The van der Waals surface area contributed by atoms with E-state index in [4.69, 9.17) is 4.74 Å². The molecule has 5 heteroatoms. The van der Waals surface area contributed by atoms with Crippen LogP contribution in [0, 0.1) is 5.92 Å². The minimum Gasteiger partial charge on any atom is -0.367 e. The molecule has 1 saturated carbocycles. The number of ether oxygens (including phenoxy) is 1. The molecule has 1 fully saturated rings. The van der Waals surface area contributed by atoms with Gasteiger partial charge in [-0.3, -0.25) is 4.98 Å². The van der Waals surface area contributed by atoms with E-state index in [0.717, 1.165) is 19.3 Å². The highest BCUT2D eigenvalue weighted by Gasteiger charge is 2.40. The lowest BCUT2D eigenvalue weighted by Gasteiger charge is -2.37. The van der Waals surface area contributed by atoms with Gasteiger partial charge in [-0.25, -0.2) is 9.89 Å². The second kappa shape index (κ2) is 4.41. The number of aromatic amines is 2. The number of nitrogens with one attached hydrogen (secondary N) is 2. The van der Waals surface area contributed by atoms with Crippen LogP contribution in [0.4, 0.5) is 0 Å². The number of hydrogen-bond donors (Lipinski definition) is 2. The Morgan fingerprint density at radius 3 is 3.00 bits per heavy atom. The van der Waals surface area contributed by atoms with E-state index < -0.39 is 0 Å². The first kappa shape index (κ1) is 11.4. The minimum atomic E-state index is -0.383. The highest BCUT2D eigenvalue weighted by atomic mass is 16.5. The summed E-state index contributed by atoms with van der Waals surface area (Å²) < 4.78 is 5.89. The summed E-state index contributed by atoms with van der Waals surface area (Å²) in [5.74, 6) is 1.27. The van der Waals surface area contributed by atoms with Crippen LogP contribution in [0.1, 0.15) is 45.4 Å². The van der Waals surface area contributed by atoms with Crippen LogP contribution in [0.25, 0.3) is 0 Å². The summed E-state index contributed by atoms with van der Waals surface area (Å²) in [5, 5.41) is 6.47. The average Bonchev–Trinajstić information content (AvgIpc) is 2.66. The topological polar surface area (TPSA) is 70.8 Å². The summed E-state index contributed by atoms with van der Waals surface area (Å²) in [4.78, 5) is 13.9. The van der Waals surface area contributed by atoms with E-state index in [1.807, 2.05) is 6.92 Å². The van der Waals surface area contributed by atoms with Crippen molar-refractivity contribution in [2.75, 3.05) is 6.61 Å². The first-order valence-electron chi connectivity index (χ1n) is 5.95. The van der Waals surface area contributed by atoms with Crippen molar-refractivity contribution < 1.29 is 4.74 Å². The molecule has 1 aliphatic carbocycles. The zero-order valence-electron chi connectivity index (χ0n) is 9.88. The van der Waals surface area contributed by atoms with Gasteiger partial charge in [0, 0.05) is 6.61 Å². The zero-order chi connectivity index (χ0) is 11.6. The van der Waals surface area contributed by atoms with E-state index in [1.54, 1.807) is 0 Å². The molecular weight excluding hydrogens is 206 g/mol. The zero-order valence-corrected chi connectivity index (χ0v) is 9.88. The number of hydrogen-bond acceptors (Lipinski definition) is 3. The second-order valence-corrected chi connectivity index (χ2v) is 4.66. The van der Waals surface area contributed by atoms with Crippen LogP contribution in [-0.2, 0) is 10.3 Å². The Bertz CT molecular complexity index is 394. The molecule has 2 atom stereocenters. The van der Waals surface area contributed by atoms with Crippen molar-refractivity contribution in [1.82, 2.24) is 15.2 Å². The van der Waals surface area contributed by atoms with Crippen LogP contribution in [0.3, 0.4) is 0 Å². The third-order valence-corrected chi connectivity index (χ3v) is 3.31. The van der Waals surface area contributed by atoms with Crippen LogP contribution in [0.5, 0.6) is 0 Å². The highest BCUT2D eigenvalue weighted by molar-refractivity contribution is 5.03. The number of H-pyrrole nitrogens is 2. The SMILES string of the molecule is CCOC1(c2n[nH]c(=O)[nH]2)CCCC(C)C1. The van der Waals surface area contributed by atoms with Crippen molar-refractivity contribution >= 4 is 0 Å². The molecule has 2 unspecified atom stereocenters. The van der Waals surface area contributed by atoms with E-state index in [0.29, 0.717) is 18.3 Å². The molecular formula is C11H19N3O2. The lowest BCUT2D eigenvalue weighted by atomic mass is 9.78. The predicted molar refractivity (Wildman–Crippen MR) is 60.1 cm³/mol. The standard InChI is InChI=1S/C11H19N3O2/c1-3-16-11(6-4-5-8(2)7-11)9-12-10(15)14-13-9/h8H,3-7H2,1-2H3,(H2,12,13,14,15). The fourth-order valence-corrected chi connectivity index (χ4v) is 2.68. The summed E-state index contributed by atoms with van der Waals surface area (Å²) in [6, 6.07) is 0. The van der Waals surface area contributed by atoms with Gasteiger partial charge in [-0.2, -0.15) is 5.10 Å². The van der Waals surface area contributed by atoms with Gasteiger partial charge in [0.1, 0.15) is 5.60 Å². The van der Waals surface area contributed by atoms with E-state index in [9.17, 15) is 4.79 Å². The number of rotatable bonds is 3. The molecule has 0 spiro atoms. The minimum absolute atomic E-state index is 0.257. The lowest BCUT2D eigenvalue weighted by Crippen LogP contribution is -2.36.